The Morgan fingerprint density at radius 3 is 2.56 bits per heavy atom. The fraction of sp³-hybridized carbons (Fsp3) is 0.727. The van der Waals surface area contributed by atoms with E-state index in [9.17, 15) is 9.59 Å². The first kappa shape index (κ1) is 11.4. The Labute approximate surface area is 95.5 Å². The van der Waals surface area contributed by atoms with Crippen LogP contribution in [-0.4, -0.2) is 41.5 Å². The molecular weight excluding hydrogens is 206 g/mol. The van der Waals surface area contributed by atoms with Crippen LogP contribution < -0.4 is 5.73 Å². The van der Waals surface area contributed by atoms with Gasteiger partial charge >= 0.3 is 0 Å². The lowest BCUT2D eigenvalue weighted by molar-refractivity contribution is -0.151. The Morgan fingerprint density at radius 2 is 2.00 bits per heavy atom. The van der Waals surface area contributed by atoms with E-state index in [2.05, 4.69) is 5.01 Å². The molecule has 0 unspecified atom stereocenters. The highest BCUT2D eigenvalue weighted by molar-refractivity contribution is 5.85. The summed E-state index contributed by atoms with van der Waals surface area (Å²) in [5, 5.41) is 3.86. The van der Waals surface area contributed by atoms with E-state index >= 15 is 0 Å². The van der Waals surface area contributed by atoms with Crippen molar-refractivity contribution in [1.29, 1.82) is 0 Å². The van der Waals surface area contributed by atoms with E-state index in [4.69, 9.17) is 5.73 Å². The average Bonchev–Trinajstić information content (AvgIpc) is 2.30. The number of hydrogen-bond donors (Lipinski definition) is 1. The molecule has 0 atom stereocenters. The Hall–Kier alpha value is -1.10. The van der Waals surface area contributed by atoms with Gasteiger partial charge in [-0.1, -0.05) is 0 Å². The molecule has 2 amide bonds. The summed E-state index contributed by atoms with van der Waals surface area (Å²) < 4.78 is 0. The van der Waals surface area contributed by atoms with Gasteiger partial charge in [0, 0.05) is 25.6 Å². The van der Waals surface area contributed by atoms with Crippen LogP contribution in [-0.2, 0) is 9.59 Å². The van der Waals surface area contributed by atoms with Crippen LogP contribution in [0, 0.1) is 12.3 Å². The largest absolute Gasteiger partial charge is 0.369 e. The standard InChI is InChI=1S/C11H18N3O2/c12-11(16)9-4-7-13(8-5-9)14-6-2-1-3-10(14)15/h3,9H,1-2,4-8H2,(H2,12,16). The van der Waals surface area contributed by atoms with Crippen LogP contribution in [0.25, 0.3) is 0 Å². The molecule has 0 bridgehead atoms. The summed E-state index contributed by atoms with van der Waals surface area (Å²) in [7, 11) is 0. The molecular formula is C11H18N3O2. The number of rotatable bonds is 2. The van der Waals surface area contributed by atoms with Gasteiger partial charge in [0.05, 0.1) is 6.42 Å². The van der Waals surface area contributed by atoms with E-state index in [-0.39, 0.29) is 17.7 Å². The average molecular weight is 224 g/mol. The minimum Gasteiger partial charge on any atom is -0.369 e. The fourth-order valence-electron chi connectivity index (χ4n) is 2.35. The Bertz CT molecular complexity index is 285. The molecule has 0 spiro atoms. The van der Waals surface area contributed by atoms with Crippen molar-refractivity contribution in [2.75, 3.05) is 19.6 Å². The molecule has 0 aromatic heterocycles. The number of nitrogens with zero attached hydrogens (tertiary/aromatic N) is 2. The van der Waals surface area contributed by atoms with E-state index in [0.717, 1.165) is 45.3 Å². The fourth-order valence-corrected chi connectivity index (χ4v) is 2.35. The van der Waals surface area contributed by atoms with E-state index in [1.165, 1.54) is 0 Å². The molecule has 16 heavy (non-hydrogen) atoms. The SMILES string of the molecule is NC(=O)C1CCN(N2CCC[CH]C2=O)CC1. The maximum absolute atomic E-state index is 11.6. The molecule has 2 aliphatic heterocycles. The third-order valence-electron chi connectivity index (χ3n) is 3.36. The van der Waals surface area contributed by atoms with Gasteiger partial charge in [0.15, 0.2) is 0 Å². The highest BCUT2D eigenvalue weighted by Gasteiger charge is 2.29. The maximum atomic E-state index is 11.6. The number of nitrogens with two attached hydrogens (primary N) is 1. The zero-order valence-electron chi connectivity index (χ0n) is 9.39. The van der Waals surface area contributed by atoms with Crippen molar-refractivity contribution >= 4 is 11.8 Å². The summed E-state index contributed by atoms with van der Waals surface area (Å²) in [5.41, 5.74) is 5.27. The van der Waals surface area contributed by atoms with Gasteiger partial charge in [-0.2, -0.15) is 0 Å². The Balaban J connectivity index is 1.88. The molecule has 0 aliphatic carbocycles. The molecule has 2 heterocycles. The van der Waals surface area contributed by atoms with Gasteiger partial charge < -0.3 is 5.73 Å². The van der Waals surface area contributed by atoms with Gasteiger partial charge in [0.1, 0.15) is 0 Å². The minimum atomic E-state index is -0.212. The second-order valence-corrected chi connectivity index (χ2v) is 4.44. The van der Waals surface area contributed by atoms with Crippen LogP contribution in [0.3, 0.4) is 0 Å². The normalized spacial score (nSPS) is 24.8. The number of carbonyl (C=O) groups is 2. The lowest BCUT2D eigenvalue weighted by Gasteiger charge is -2.40. The number of primary amides is 1. The number of amides is 2. The first-order valence-electron chi connectivity index (χ1n) is 5.87. The third kappa shape index (κ3) is 2.35. The number of piperidine rings is 2. The lowest BCUT2D eigenvalue weighted by atomic mass is 9.97. The van der Waals surface area contributed by atoms with Crippen molar-refractivity contribution in [3.8, 4) is 0 Å². The van der Waals surface area contributed by atoms with E-state index in [0.29, 0.717) is 0 Å². The first-order valence-corrected chi connectivity index (χ1v) is 5.87. The predicted molar refractivity (Wildman–Crippen MR) is 58.7 cm³/mol. The van der Waals surface area contributed by atoms with Gasteiger partial charge in [-0.05, 0) is 25.7 Å². The van der Waals surface area contributed by atoms with Crippen molar-refractivity contribution in [3.05, 3.63) is 6.42 Å². The molecule has 1 radical (unpaired) electrons. The molecule has 0 aromatic rings. The van der Waals surface area contributed by atoms with Gasteiger partial charge in [0.25, 0.3) is 0 Å². The molecule has 2 N–H and O–H groups in total. The molecule has 5 nitrogen and oxygen atoms in total. The maximum Gasteiger partial charge on any atom is 0.240 e. The number of hydrazine groups is 1. The van der Waals surface area contributed by atoms with E-state index in [1.807, 2.05) is 0 Å². The summed E-state index contributed by atoms with van der Waals surface area (Å²) in [6, 6.07) is 0. The van der Waals surface area contributed by atoms with Crippen LogP contribution in [0.4, 0.5) is 0 Å². The quantitative estimate of drug-likeness (QED) is 0.713. The Morgan fingerprint density at radius 1 is 1.31 bits per heavy atom. The van der Waals surface area contributed by atoms with Gasteiger partial charge in [0.2, 0.25) is 11.8 Å². The summed E-state index contributed by atoms with van der Waals surface area (Å²) in [6.07, 6.45) is 5.18. The second kappa shape index (κ2) is 4.82. The monoisotopic (exact) mass is 224 g/mol. The smallest absolute Gasteiger partial charge is 0.240 e. The van der Waals surface area contributed by atoms with Crippen LogP contribution in [0.2, 0.25) is 0 Å². The zero-order valence-corrected chi connectivity index (χ0v) is 9.39. The van der Waals surface area contributed by atoms with Crippen molar-refractivity contribution in [3.63, 3.8) is 0 Å². The third-order valence-corrected chi connectivity index (χ3v) is 3.36. The van der Waals surface area contributed by atoms with Crippen LogP contribution >= 0.6 is 0 Å². The summed E-state index contributed by atoms with van der Waals surface area (Å²) in [4.78, 5) is 22.7. The van der Waals surface area contributed by atoms with E-state index < -0.39 is 0 Å². The van der Waals surface area contributed by atoms with Gasteiger partial charge in [-0.3, -0.25) is 14.6 Å². The summed E-state index contributed by atoms with van der Waals surface area (Å²) in [5.74, 6) is -0.125. The van der Waals surface area contributed by atoms with E-state index in [1.54, 1.807) is 11.4 Å². The molecule has 2 saturated heterocycles. The highest BCUT2D eigenvalue weighted by atomic mass is 16.2. The van der Waals surface area contributed by atoms with Crippen LogP contribution in [0.15, 0.2) is 0 Å². The highest BCUT2D eigenvalue weighted by Crippen LogP contribution is 2.21. The van der Waals surface area contributed by atoms with Crippen LogP contribution in [0.5, 0.6) is 0 Å². The Kier molecular flexibility index (Phi) is 3.43. The van der Waals surface area contributed by atoms with Crippen molar-refractivity contribution in [1.82, 2.24) is 10.0 Å². The second-order valence-electron chi connectivity index (χ2n) is 4.44. The lowest BCUT2D eigenvalue weighted by Crippen LogP contribution is -2.52. The molecule has 0 aromatic carbocycles. The molecule has 2 fully saturated rings. The number of hydrogen-bond acceptors (Lipinski definition) is 3. The first-order chi connectivity index (χ1) is 7.68. The minimum absolute atomic E-state index is 0.0138. The molecule has 2 aliphatic rings. The predicted octanol–water partition coefficient (Wildman–Crippen LogP) is -0.0746. The number of carbonyl (C=O) groups excluding carboxylic acids is 2. The molecule has 0 saturated carbocycles. The summed E-state index contributed by atoms with van der Waals surface area (Å²) >= 11 is 0. The zero-order chi connectivity index (χ0) is 11.5. The summed E-state index contributed by atoms with van der Waals surface area (Å²) in [6.45, 7) is 2.32. The van der Waals surface area contributed by atoms with Crippen molar-refractivity contribution in [2.24, 2.45) is 11.7 Å². The molecule has 89 valence electrons. The van der Waals surface area contributed by atoms with Gasteiger partial charge in [-0.15, -0.1) is 0 Å². The molecule has 2 rings (SSSR count). The van der Waals surface area contributed by atoms with Crippen LogP contribution in [0.1, 0.15) is 25.7 Å². The van der Waals surface area contributed by atoms with Crippen molar-refractivity contribution < 1.29 is 9.59 Å². The van der Waals surface area contributed by atoms with Gasteiger partial charge in [-0.25, -0.2) is 5.01 Å². The topological polar surface area (TPSA) is 66.6 Å². The van der Waals surface area contributed by atoms with Crippen molar-refractivity contribution in [2.45, 2.75) is 25.7 Å². The molecule has 5 heteroatoms.